The van der Waals surface area contributed by atoms with E-state index in [-0.39, 0.29) is 5.31 Å². The lowest BCUT2D eigenvalue weighted by molar-refractivity contribution is 0.379. The van der Waals surface area contributed by atoms with Crippen molar-refractivity contribution >= 4 is 7.12 Å². The van der Waals surface area contributed by atoms with Gasteiger partial charge in [0.15, 0.2) is 0 Å². The molecule has 3 N–H and O–H groups in total. The third kappa shape index (κ3) is 0.583. The molecule has 0 spiro atoms. The van der Waals surface area contributed by atoms with Gasteiger partial charge in [0.2, 0.25) is 0 Å². The van der Waals surface area contributed by atoms with Gasteiger partial charge in [-0.2, -0.15) is 0 Å². The van der Waals surface area contributed by atoms with Crippen LogP contribution < -0.4 is 5.32 Å². The van der Waals surface area contributed by atoms with Gasteiger partial charge in [0.05, 0.1) is 0 Å². The molecule has 0 bridgehead atoms. The van der Waals surface area contributed by atoms with Crippen LogP contribution in [0.15, 0.2) is 0 Å². The molecule has 1 aliphatic carbocycles. The van der Waals surface area contributed by atoms with Crippen LogP contribution in [-0.4, -0.2) is 30.3 Å². The molecule has 50 valence electrons. The lowest BCUT2D eigenvalue weighted by atomic mass is 9.68. The monoisotopic (exact) mass is 127 g/mol. The molecular formula is C5H10BNO2. The molecule has 2 rings (SSSR count). The van der Waals surface area contributed by atoms with Crippen molar-refractivity contribution in [2.75, 3.05) is 13.1 Å². The standard InChI is InChI=1S/C5H10BNO2/c8-6(9)5-1-4(5)2-7-3-5/h4,7-9H,1-3H2. The summed E-state index contributed by atoms with van der Waals surface area (Å²) in [4.78, 5) is 0. The second-order valence-electron chi connectivity index (χ2n) is 3.14. The molecule has 0 aromatic rings. The summed E-state index contributed by atoms with van der Waals surface area (Å²) in [5, 5.41) is 20.7. The van der Waals surface area contributed by atoms with Gasteiger partial charge in [-0.1, -0.05) is 0 Å². The van der Waals surface area contributed by atoms with Crippen LogP contribution in [0.2, 0.25) is 5.31 Å². The zero-order valence-electron chi connectivity index (χ0n) is 5.17. The van der Waals surface area contributed by atoms with Gasteiger partial charge >= 0.3 is 7.12 Å². The Balaban J connectivity index is 2.10. The van der Waals surface area contributed by atoms with Crippen molar-refractivity contribution in [3.63, 3.8) is 0 Å². The van der Waals surface area contributed by atoms with Gasteiger partial charge in [-0.3, -0.25) is 0 Å². The fourth-order valence-corrected chi connectivity index (χ4v) is 1.78. The van der Waals surface area contributed by atoms with Gasteiger partial charge in [-0.05, 0) is 25.4 Å². The molecule has 2 unspecified atom stereocenters. The van der Waals surface area contributed by atoms with Crippen LogP contribution in [0.3, 0.4) is 0 Å². The van der Waals surface area contributed by atoms with Crippen LogP contribution in [0.25, 0.3) is 0 Å². The Kier molecular flexibility index (Phi) is 0.956. The third-order valence-electron chi connectivity index (χ3n) is 2.64. The molecule has 0 aromatic carbocycles. The second-order valence-corrected chi connectivity index (χ2v) is 3.14. The lowest BCUT2D eigenvalue weighted by Gasteiger charge is -2.07. The Morgan fingerprint density at radius 3 is 2.56 bits per heavy atom. The first-order chi connectivity index (χ1) is 4.26. The Morgan fingerprint density at radius 1 is 1.56 bits per heavy atom. The minimum atomic E-state index is -1.10. The minimum Gasteiger partial charge on any atom is -0.427 e. The fraction of sp³-hybridized carbons (Fsp3) is 1.00. The van der Waals surface area contributed by atoms with E-state index in [1.54, 1.807) is 0 Å². The number of piperidine rings is 1. The maximum absolute atomic E-state index is 8.87. The molecule has 4 heteroatoms. The predicted octanol–water partition coefficient (Wildman–Crippen LogP) is -1.18. The van der Waals surface area contributed by atoms with E-state index in [0.29, 0.717) is 5.92 Å². The normalized spacial score (nSPS) is 46.7. The smallest absolute Gasteiger partial charge is 0.427 e. The lowest BCUT2D eigenvalue weighted by Crippen LogP contribution is -2.26. The molecule has 1 aliphatic heterocycles. The molecule has 9 heavy (non-hydrogen) atoms. The van der Waals surface area contributed by atoms with Crippen molar-refractivity contribution in [3.8, 4) is 0 Å². The van der Waals surface area contributed by atoms with E-state index in [4.69, 9.17) is 10.0 Å². The van der Waals surface area contributed by atoms with Crippen molar-refractivity contribution in [2.24, 2.45) is 5.92 Å². The van der Waals surface area contributed by atoms with E-state index in [0.717, 1.165) is 19.5 Å². The molecular weight excluding hydrogens is 117 g/mol. The molecule has 0 amide bonds. The van der Waals surface area contributed by atoms with Crippen molar-refractivity contribution < 1.29 is 10.0 Å². The van der Waals surface area contributed by atoms with E-state index >= 15 is 0 Å². The highest BCUT2D eigenvalue weighted by atomic mass is 16.4. The summed E-state index contributed by atoms with van der Waals surface area (Å²) in [6.45, 7) is 1.76. The van der Waals surface area contributed by atoms with Gasteiger partial charge in [-0.15, -0.1) is 0 Å². The Morgan fingerprint density at radius 2 is 2.33 bits per heavy atom. The first kappa shape index (κ1) is 5.71. The first-order valence-electron chi connectivity index (χ1n) is 3.32. The number of fused-ring (bicyclic) bond motifs is 1. The quantitative estimate of drug-likeness (QED) is 0.388. The SMILES string of the molecule is OB(O)C12CNCC1C2. The zero-order chi connectivity index (χ0) is 6.48. The number of hydrogen-bond donors (Lipinski definition) is 3. The van der Waals surface area contributed by atoms with E-state index < -0.39 is 7.12 Å². The summed E-state index contributed by atoms with van der Waals surface area (Å²) in [5.74, 6) is 0.539. The molecule has 1 saturated heterocycles. The summed E-state index contributed by atoms with van der Waals surface area (Å²) >= 11 is 0. The zero-order valence-corrected chi connectivity index (χ0v) is 5.17. The second kappa shape index (κ2) is 1.51. The molecule has 2 atom stereocenters. The van der Waals surface area contributed by atoms with Gasteiger partial charge in [0.1, 0.15) is 0 Å². The summed E-state index contributed by atoms with van der Waals surface area (Å²) in [6.07, 6.45) is 0.998. The van der Waals surface area contributed by atoms with Crippen LogP contribution in [0, 0.1) is 5.92 Å². The van der Waals surface area contributed by atoms with Crippen LogP contribution in [0.5, 0.6) is 0 Å². The maximum Gasteiger partial charge on any atom is 0.459 e. The Labute approximate surface area is 54.2 Å². The first-order valence-corrected chi connectivity index (χ1v) is 3.32. The van der Waals surface area contributed by atoms with Crippen molar-refractivity contribution in [3.05, 3.63) is 0 Å². The van der Waals surface area contributed by atoms with E-state index in [1.165, 1.54) is 0 Å². The molecule has 1 saturated carbocycles. The van der Waals surface area contributed by atoms with Gasteiger partial charge in [-0.25, -0.2) is 0 Å². The average molecular weight is 127 g/mol. The molecule has 3 nitrogen and oxygen atoms in total. The molecule has 0 radical (unpaired) electrons. The van der Waals surface area contributed by atoms with Gasteiger partial charge in [0, 0.05) is 5.31 Å². The number of nitrogens with one attached hydrogen (secondary N) is 1. The maximum atomic E-state index is 8.87. The number of hydrogen-bond acceptors (Lipinski definition) is 3. The van der Waals surface area contributed by atoms with Crippen molar-refractivity contribution in [2.45, 2.75) is 11.7 Å². The summed E-state index contributed by atoms with van der Waals surface area (Å²) in [6, 6.07) is 0. The Bertz CT molecular complexity index is 137. The number of rotatable bonds is 1. The van der Waals surface area contributed by atoms with Crippen LogP contribution >= 0.6 is 0 Å². The van der Waals surface area contributed by atoms with E-state index in [1.807, 2.05) is 0 Å². The molecule has 2 aliphatic rings. The van der Waals surface area contributed by atoms with Gasteiger partial charge < -0.3 is 15.4 Å². The minimum absolute atomic E-state index is 0.139. The largest absolute Gasteiger partial charge is 0.459 e. The highest BCUT2D eigenvalue weighted by Crippen LogP contribution is 2.62. The molecule has 0 aromatic heterocycles. The van der Waals surface area contributed by atoms with Crippen molar-refractivity contribution in [1.29, 1.82) is 0 Å². The Hall–Kier alpha value is -0.0551. The topological polar surface area (TPSA) is 52.5 Å². The predicted molar refractivity (Wildman–Crippen MR) is 33.9 cm³/mol. The third-order valence-corrected chi connectivity index (χ3v) is 2.64. The molecule has 2 fully saturated rings. The van der Waals surface area contributed by atoms with E-state index in [9.17, 15) is 0 Å². The van der Waals surface area contributed by atoms with Crippen LogP contribution in [0.1, 0.15) is 6.42 Å². The fourth-order valence-electron chi connectivity index (χ4n) is 1.78. The summed E-state index contributed by atoms with van der Waals surface area (Å²) < 4.78 is 0. The van der Waals surface area contributed by atoms with Crippen LogP contribution in [-0.2, 0) is 0 Å². The van der Waals surface area contributed by atoms with Gasteiger partial charge in [0.25, 0.3) is 0 Å². The average Bonchev–Trinajstić information content (AvgIpc) is 2.38. The summed E-state index contributed by atoms with van der Waals surface area (Å²) in [5.41, 5.74) is 0. The van der Waals surface area contributed by atoms with E-state index in [2.05, 4.69) is 5.32 Å². The molecule has 1 heterocycles. The highest BCUT2D eigenvalue weighted by molar-refractivity contribution is 6.47. The highest BCUT2D eigenvalue weighted by Gasteiger charge is 2.63. The summed E-state index contributed by atoms with van der Waals surface area (Å²) in [7, 11) is -1.10. The van der Waals surface area contributed by atoms with Crippen molar-refractivity contribution in [1.82, 2.24) is 5.32 Å². The van der Waals surface area contributed by atoms with Crippen LogP contribution in [0.4, 0.5) is 0 Å².